The maximum absolute atomic E-state index is 5.36. The van der Waals surface area contributed by atoms with Gasteiger partial charge in [0.05, 0.1) is 12.3 Å². The van der Waals surface area contributed by atoms with Crippen molar-refractivity contribution in [1.29, 1.82) is 0 Å². The Morgan fingerprint density at radius 3 is 2.78 bits per heavy atom. The molecule has 0 radical (unpaired) electrons. The normalized spacial score (nSPS) is 14.7. The topological polar surface area (TPSA) is 39.1 Å². The zero-order valence-electron chi connectivity index (χ0n) is 12.1. The van der Waals surface area contributed by atoms with Crippen molar-refractivity contribution in [1.82, 2.24) is 15.1 Å². The zero-order valence-corrected chi connectivity index (χ0v) is 12.1. The van der Waals surface area contributed by atoms with Crippen molar-refractivity contribution in [3.63, 3.8) is 0 Å². The maximum Gasteiger partial charge on any atom is 0.0558 e. The minimum atomic E-state index is 0.292. The van der Waals surface area contributed by atoms with Crippen molar-refractivity contribution in [2.45, 2.75) is 58.7 Å². The molecule has 18 heavy (non-hydrogen) atoms. The van der Waals surface area contributed by atoms with Crippen LogP contribution in [0.4, 0.5) is 0 Å². The van der Waals surface area contributed by atoms with Gasteiger partial charge in [0.2, 0.25) is 0 Å². The third-order valence-electron chi connectivity index (χ3n) is 3.19. The highest BCUT2D eigenvalue weighted by atomic mass is 16.5. The number of nitrogens with zero attached hydrogens (tertiary/aromatic N) is 2. The van der Waals surface area contributed by atoms with Gasteiger partial charge in [-0.1, -0.05) is 6.92 Å². The smallest absolute Gasteiger partial charge is 0.0558 e. The van der Waals surface area contributed by atoms with Gasteiger partial charge in [0.15, 0.2) is 0 Å². The van der Waals surface area contributed by atoms with E-state index < -0.39 is 0 Å². The van der Waals surface area contributed by atoms with Gasteiger partial charge in [0, 0.05) is 25.9 Å². The molecule has 0 aromatic carbocycles. The maximum atomic E-state index is 5.36. The van der Waals surface area contributed by atoms with Crippen LogP contribution in [0.2, 0.25) is 0 Å². The van der Waals surface area contributed by atoms with Crippen molar-refractivity contribution < 1.29 is 4.74 Å². The number of aromatic nitrogens is 2. The molecule has 4 nitrogen and oxygen atoms in total. The van der Waals surface area contributed by atoms with Crippen LogP contribution in [0.1, 0.15) is 39.2 Å². The summed E-state index contributed by atoms with van der Waals surface area (Å²) in [5.41, 5.74) is 1.30. The molecular formula is C14H27N3O. The highest BCUT2D eigenvalue weighted by Crippen LogP contribution is 2.09. The number of rotatable bonds is 9. The summed E-state index contributed by atoms with van der Waals surface area (Å²) in [6.07, 6.45) is 7.62. The van der Waals surface area contributed by atoms with Crippen molar-refractivity contribution in [3.05, 3.63) is 18.0 Å². The molecule has 0 aliphatic rings. The van der Waals surface area contributed by atoms with Gasteiger partial charge in [-0.05, 0) is 45.2 Å². The quantitative estimate of drug-likeness (QED) is 0.733. The van der Waals surface area contributed by atoms with E-state index in [4.69, 9.17) is 4.74 Å². The SMILES string of the molecule is CCCNC(Cc1cnn(CC)c1)CC(C)OC. The van der Waals surface area contributed by atoms with Crippen LogP contribution in [0.3, 0.4) is 0 Å². The summed E-state index contributed by atoms with van der Waals surface area (Å²) in [4.78, 5) is 0. The molecule has 1 aromatic rings. The first-order valence-corrected chi connectivity index (χ1v) is 6.97. The minimum absolute atomic E-state index is 0.292. The number of ether oxygens (including phenoxy) is 1. The summed E-state index contributed by atoms with van der Waals surface area (Å²) in [5, 5.41) is 7.92. The van der Waals surface area contributed by atoms with E-state index in [1.807, 2.05) is 10.9 Å². The fourth-order valence-corrected chi connectivity index (χ4v) is 2.05. The van der Waals surface area contributed by atoms with Gasteiger partial charge in [0.1, 0.15) is 0 Å². The molecule has 0 saturated heterocycles. The van der Waals surface area contributed by atoms with Gasteiger partial charge in [-0.25, -0.2) is 0 Å². The van der Waals surface area contributed by atoms with Crippen LogP contribution in [0.15, 0.2) is 12.4 Å². The average molecular weight is 253 g/mol. The molecule has 1 heterocycles. The van der Waals surface area contributed by atoms with E-state index in [0.29, 0.717) is 12.1 Å². The number of methoxy groups -OCH3 is 1. The Kier molecular flexibility index (Phi) is 6.98. The van der Waals surface area contributed by atoms with Crippen LogP contribution in [-0.2, 0) is 17.7 Å². The molecule has 0 saturated carbocycles. The summed E-state index contributed by atoms with van der Waals surface area (Å²) < 4.78 is 7.34. The molecule has 0 aliphatic carbocycles. The van der Waals surface area contributed by atoms with E-state index in [0.717, 1.165) is 32.4 Å². The molecule has 0 aliphatic heterocycles. The van der Waals surface area contributed by atoms with E-state index in [-0.39, 0.29) is 0 Å². The highest BCUT2D eigenvalue weighted by Gasteiger charge is 2.13. The number of hydrogen-bond acceptors (Lipinski definition) is 3. The van der Waals surface area contributed by atoms with Crippen LogP contribution >= 0.6 is 0 Å². The second kappa shape index (κ2) is 8.27. The van der Waals surface area contributed by atoms with Gasteiger partial charge in [-0.2, -0.15) is 5.10 Å². The Morgan fingerprint density at radius 2 is 2.22 bits per heavy atom. The van der Waals surface area contributed by atoms with Crippen LogP contribution in [0.5, 0.6) is 0 Å². The van der Waals surface area contributed by atoms with Gasteiger partial charge in [-0.3, -0.25) is 4.68 Å². The standard InChI is InChI=1S/C14H27N3O/c1-5-7-15-14(8-12(3)18-4)9-13-10-16-17(6-2)11-13/h10-12,14-15H,5-9H2,1-4H3. The molecule has 0 bridgehead atoms. The molecule has 1 aromatic heterocycles. The molecule has 0 spiro atoms. The lowest BCUT2D eigenvalue weighted by Gasteiger charge is -2.21. The summed E-state index contributed by atoms with van der Waals surface area (Å²) in [6, 6.07) is 0.467. The fraction of sp³-hybridized carbons (Fsp3) is 0.786. The monoisotopic (exact) mass is 253 g/mol. The predicted molar refractivity (Wildman–Crippen MR) is 74.8 cm³/mol. The molecule has 1 N–H and O–H groups in total. The lowest BCUT2D eigenvalue weighted by atomic mass is 10.0. The van der Waals surface area contributed by atoms with E-state index >= 15 is 0 Å². The van der Waals surface area contributed by atoms with Crippen LogP contribution in [0, 0.1) is 0 Å². The molecule has 2 unspecified atom stereocenters. The predicted octanol–water partition coefficient (Wildman–Crippen LogP) is 2.24. The van der Waals surface area contributed by atoms with Gasteiger partial charge in [0.25, 0.3) is 0 Å². The summed E-state index contributed by atoms with van der Waals surface area (Å²) in [7, 11) is 1.77. The van der Waals surface area contributed by atoms with E-state index in [2.05, 4.69) is 37.4 Å². The summed E-state index contributed by atoms with van der Waals surface area (Å²) >= 11 is 0. The molecule has 0 amide bonds. The Morgan fingerprint density at radius 1 is 1.44 bits per heavy atom. The first kappa shape index (κ1) is 15.2. The summed E-state index contributed by atoms with van der Waals surface area (Å²) in [5.74, 6) is 0. The largest absolute Gasteiger partial charge is 0.382 e. The lowest BCUT2D eigenvalue weighted by molar-refractivity contribution is 0.100. The van der Waals surface area contributed by atoms with Crippen molar-refractivity contribution in [3.8, 4) is 0 Å². The molecule has 0 fully saturated rings. The molecule has 104 valence electrons. The zero-order chi connectivity index (χ0) is 13.4. The van der Waals surface area contributed by atoms with Crippen LogP contribution in [0.25, 0.3) is 0 Å². The van der Waals surface area contributed by atoms with Crippen LogP contribution < -0.4 is 5.32 Å². The van der Waals surface area contributed by atoms with Gasteiger partial charge >= 0.3 is 0 Å². The number of aryl methyl sites for hydroxylation is 1. The van der Waals surface area contributed by atoms with Crippen molar-refractivity contribution in [2.24, 2.45) is 0 Å². The molecular weight excluding hydrogens is 226 g/mol. The van der Waals surface area contributed by atoms with Crippen molar-refractivity contribution >= 4 is 0 Å². The number of hydrogen-bond donors (Lipinski definition) is 1. The average Bonchev–Trinajstić information content (AvgIpc) is 2.83. The van der Waals surface area contributed by atoms with E-state index in [9.17, 15) is 0 Å². The third-order valence-corrected chi connectivity index (χ3v) is 3.19. The third kappa shape index (κ3) is 5.19. The Hall–Kier alpha value is -0.870. The lowest BCUT2D eigenvalue weighted by Crippen LogP contribution is -2.34. The van der Waals surface area contributed by atoms with Gasteiger partial charge < -0.3 is 10.1 Å². The first-order valence-electron chi connectivity index (χ1n) is 6.97. The van der Waals surface area contributed by atoms with E-state index in [1.165, 1.54) is 5.56 Å². The first-order chi connectivity index (χ1) is 8.69. The van der Waals surface area contributed by atoms with Crippen molar-refractivity contribution in [2.75, 3.05) is 13.7 Å². The molecule has 4 heteroatoms. The second-order valence-electron chi connectivity index (χ2n) is 4.84. The Bertz CT molecular complexity index is 325. The van der Waals surface area contributed by atoms with Gasteiger partial charge in [-0.15, -0.1) is 0 Å². The Balaban J connectivity index is 2.53. The Labute approximate surface area is 111 Å². The molecule has 2 atom stereocenters. The highest BCUT2D eigenvalue weighted by molar-refractivity contribution is 5.06. The summed E-state index contributed by atoms with van der Waals surface area (Å²) in [6.45, 7) is 8.41. The second-order valence-corrected chi connectivity index (χ2v) is 4.84. The fourth-order valence-electron chi connectivity index (χ4n) is 2.05. The number of nitrogens with one attached hydrogen (secondary N) is 1. The van der Waals surface area contributed by atoms with E-state index in [1.54, 1.807) is 7.11 Å². The van der Waals surface area contributed by atoms with Crippen LogP contribution in [-0.4, -0.2) is 35.6 Å². The molecule has 1 rings (SSSR count). The minimum Gasteiger partial charge on any atom is -0.382 e.